The Balaban J connectivity index is 3.99. The summed E-state index contributed by atoms with van der Waals surface area (Å²) in [6.45, 7) is 0. The van der Waals surface area contributed by atoms with Gasteiger partial charge in [0.15, 0.2) is 0 Å². The molecule has 11 heavy (non-hydrogen) atoms. The smallest absolute Gasteiger partial charge is 0.391 e. The van der Waals surface area contributed by atoms with Gasteiger partial charge in [0, 0.05) is 0 Å². The van der Waals surface area contributed by atoms with Crippen molar-refractivity contribution in [2.45, 2.75) is 18.6 Å². The van der Waals surface area contributed by atoms with Gasteiger partial charge in [0.1, 0.15) is 6.04 Å². The maximum Gasteiger partial charge on any atom is 0.391 e. The molecule has 6 heteroatoms. The molecule has 0 heterocycles. The maximum atomic E-state index is 11.5. The van der Waals surface area contributed by atoms with Crippen LogP contribution >= 0.6 is 0 Å². The molecule has 0 bridgehead atoms. The Bertz CT molecular complexity index is 145. The van der Waals surface area contributed by atoms with Crippen molar-refractivity contribution in [3.05, 3.63) is 0 Å². The number of hydrogen-bond donors (Lipinski definition) is 2. The van der Waals surface area contributed by atoms with Crippen LogP contribution < -0.4 is 5.32 Å². The van der Waals surface area contributed by atoms with Crippen molar-refractivity contribution in [3.8, 4) is 0 Å². The van der Waals surface area contributed by atoms with Gasteiger partial charge in [-0.05, 0) is 7.05 Å². The zero-order valence-electron chi connectivity index (χ0n) is 5.77. The van der Waals surface area contributed by atoms with Crippen molar-refractivity contribution in [1.29, 1.82) is 0 Å². The molecule has 0 saturated heterocycles. The van der Waals surface area contributed by atoms with E-state index in [9.17, 15) is 18.0 Å². The van der Waals surface area contributed by atoms with Gasteiger partial charge in [0.2, 0.25) is 0 Å². The number of aliphatic carboxylic acids is 1. The number of carboxylic acid groups (broad SMARTS) is 1. The molecule has 0 aliphatic heterocycles. The first-order valence-electron chi connectivity index (χ1n) is 2.83. The first-order valence-corrected chi connectivity index (χ1v) is 2.83. The second-order valence-corrected chi connectivity index (χ2v) is 2.00. The van der Waals surface area contributed by atoms with Gasteiger partial charge < -0.3 is 10.4 Å². The molecule has 0 saturated carbocycles. The maximum absolute atomic E-state index is 11.5. The van der Waals surface area contributed by atoms with Crippen molar-refractivity contribution >= 4 is 5.97 Å². The number of hydrogen-bond acceptors (Lipinski definition) is 2. The van der Waals surface area contributed by atoms with E-state index in [0.29, 0.717) is 0 Å². The van der Waals surface area contributed by atoms with Gasteiger partial charge in [-0.15, -0.1) is 0 Å². The number of nitrogens with one attached hydrogen (secondary N) is 1. The van der Waals surface area contributed by atoms with Gasteiger partial charge in [-0.1, -0.05) is 0 Å². The number of carbonyl (C=O) groups is 1. The van der Waals surface area contributed by atoms with Crippen LogP contribution in [0.2, 0.25) is 0 Å². The zero-order chi connectivity index (χ0) is 9.07. The van der Waals surface area contributed by atoms with E-state index in [1.165, 1.54) is 7.05 Å². The molecule has 0 aromatic carbocycles. The lowest BCUT2D eigenvalue weighted by Gasteiger charge is -2.12. The van der Waals surface area contributed by atoms with E-state index in [1.54, 1.807) is 0 Å². The summed E-state index contributed by atoms with van der Waals surface area (Å²) < 4.78 is 34.6. The van der Waals surface area contributed by atoms with Crippen molar-refractivity contribution in [2.75, 3.05) is 7.05 Å². The molecule has 0 aromatic heterocycles. The van der Waals surface area contributed by atoms with Crippen LogP contribution in [0.25, 0.3) is 0 Å². The lowest BCUT2D eigenvalue weighted by atomic mass is 10.2. The monoisotopic (exact) mass is 171 g/mol. The summed E-state index contributed by atoms with van der Waals surface area (Å²) in [5.74, 6) is -1.50. The zero-order valence-corrected chi connectivity index (χ0v) is 5.77. The van der Waals surface area contributed by atoms with E-state index in [2.05, 4.69) is 0 Å². The fraction of sp³-hybridized carbons (Fsp3) is 0.800. The highest BCUT2D eigenvalue weighted by Gasteiger charge is 2.34. The fourth-order valence-electron chi connectivity index (χ4n) is 0.544. The molecule has 0 aliphatic carbocycles. The third-order valence-corrected chi connectivity index (χ3v) is 1.08. The summed E-state index contributed by atoms with van der Waals surface area (Å²) in [5.41, 5.74) is 0. The average molecular weight is 171 g/mol. The van der Waals surface area contributed by atoms with Crippen LogP contribution in [0.1, 0.15) is 6.42 Å². The predicted molar refractivity (Wildman–Crippen MR) is 31.2 cm³/mol. The molecular formula is C5H8F3NO2. The second-order valence-electron chi connectivity index (χ2n) is 2.00. The highest BCUT2D eigenvalue weighted by molar-refractivity contribution is 5.73. The largest absolute Gasteiger partial charge is 0.480 e. The summed E-state index contributed by atoms with van der Waals surface area (Å²) >= 11 is 0. The number of alkyl halides is 3. The second kappa shape index (κ2) is 3.56. The number of carboxylic acids is 1. The van der Waals surface area contributed by atoms with Gasteiger partial charge in [0.25, 0.3) is 0 Å². The number of rotatable bonds is 3. The van der Waals surface area contributed by atoms with Crippen LogP contribution in [0.15, 0.2) is 0 Å². The Labute approximate surface area is 61.2 Å². The summed E-state index contributed by atoms with van der Waals surface area (Å²) in [4.78, 5) is 10.0. The lowest BCUT2D eigenvalue weighted by Crippen LogP contribution is -2.37. The van der Waals surface area contributed by atoms with Crippen LogP contribution in [0.4, 0.5) is 13.2 Å². The Hall–Kier alpha value is -0.780. The molecule has 0 aromatic rings. The van der Waals surface area contributed by atoms with Gasteiger partial charge in [0.05, 0.1) is 6.42 Å². The fourth-order valence-corrected chi connectivity index (χ4v) is 0.544. The molecule has 0 rings (SSSR count). The first-order chi connectivity index (χ1) is 4.87. The van der Waals surface area contributed by atoms with E-state index in [4.69, 9.17) is 5.11 Å². The number of halogens is 3. The van der Waals surface area contributed by atoms with E-state index in [0.717, 1.165) is 0 Å². The minimum atomic E-state index is -4.44. The topological polar surface area (TPSA) is 49.3 Å². The van der Waals surface area contributed by atoms with Crippen LogP contribution in [-0.4, -0.2) is 30.3 Å². The van der Waals surface area contributed by atoms with Crippen LogP contribution in [0.3, 0.4) is 0 Å². The summed E-state index contributed by atoms with van der Waals surface area (Å²) in [7, 11) is 1.17. The number of likely N-dealkylation sites (N-methyl/N-ethyl adjacent to an activating group) is 1. The van der Waals surface area contributed by atoms with E-state index >= 15 is 0 Å². The van der Waals surface area contributed by atoms with Gasteiger partial charge >= 0.3 is 12.1 Å². The minimum Gasteiger partial charge on any atom is -0.480 e. The molecule has 66 valence electrons. The molecule has 0 aliphatic rings. The van der Waals surface area contributed by atoms with Gasteiger partial charge in [-0.25, -0.2) is 0 Å². The quantitative estimate of drug-likeness (QED) is 0.654. The van der Waals surface area contributed by atoms with Crippen molar-refractivity contribution in [3.63, 3.8) is 0 Å². The standard InChI is InChI=1S/C5H8F3NO2/c1-9-3(4(10)11)2-5(6,7)8/h3,9H,2H2,1H3,(H,10,11)/t3-/m0/s1. The average Bonchev–Trinajstić information content (AvgIpc) is 1.80. The van der Waals surface area contributed by atoms with Crippen LogP contribution in [0.5, 0.6) is 0 Å². The lowest BCUT2D eigenvalue weighted by molar-refractivity contribution is -0.158. The first kappa shape index (κ1) is 10.2. The molecule has 0 spiro atoms. The van der Waals surface area contributed by atoms with E-state index in [-0.39, 0.29) is 0 Å². The molecule has 2 N–H and O–H groups in total. The van der Waals surface area contributed by atoms with Crippen LogP contribution in [0, 0.1) is 0 Å². The highest BCUT2D eigenvalue weighted by atomic mass is 19.4. The SMILES string of the molecule is CN[C@@H](CC(F)(F)F)C(=O)O. The summed E-state index contributed by atoms with van der Waals surface area (Å²) in [6.07, 6.45) is -5.79. The molecule has 0 unspecified atom stereocenters. The molecule has 0 radical (unpaired) electrons. The molecule has 1 atom stereocenters. The van der Waals surface area contributed by atoms with Gasteiger partial charge in [-0.2, -0.15) is 13.2 Å². The Morgan fingerprint density at radius 2 is 2.09 bits per heavy atom. The Kier molecular flexibility index (Phi) is 3.31. The van der Waals surface area contributed by atoms with Gasteiger partial charge in [-0.3, -0.25) is 4.79 Å². The van der Waals surface area contributed by atoms with Crippen molar-refractivity contribution in [1.82, 2.24) is 5.32 Å². The van der Waals surface area contributed by atoms with E-state index < -0.39 is 24.6 Å². The molecular weight excluding hydrogens is 163 g/mol. The third-order valence-electron chi connectivity index (χ3n) is 1.08. The highest BCUT2D eigenvalue weighted by Crippen LogP contribution is 2.21. The Morgan fingerprint density at radius 1 is 1.64 bits per heavy atom. The van der Waals surface area contributed by atoms with Crippen molar-refractivity contribution < 1.29 is 23.1 Å². The Morgan fingerprint density at radius 3 is 2.18 bits per heavy atom. The van der Waals surface area contributed by atoms with Crippen molar-refractivity contribution in [2.24, 2.45) is 0 Å². The normalized spacial score (nSPS) is 14.5. The summed E-state index contributed by atoms with van der Waals surface area (Å²) in [5, 5.41) is 10.2. The molecule has 3 nitrogen and oxygen atoms in total. The minimum absolute atomic E-state index is 1.17. The molecule has 0 amide bonds. The third kappa shape index (κ3) is 4.60. The van der Waals surface area contributed by atoms with Crippen LogP contribution in [-0.2, 0) is 4.79 Å². The summed E-state index contributed by atoms with van der Waals surface area (Å²) in [6, 6.07) is -1.55. The van der Waals surface area contributed by atoms with E-state index in [1.807, 2.05) is 5.32 Å². The molecule has 0 fully saturated rings. The predicted octanol–water partition coefficient (Wildman–Crippen LogP) is 0.611.